The Balaban J connectivity index is 1.87. The fraction of sp³-hybridized carbons (Fsp3) is 0.0667. The van der Waals surface area contributed by atoms with E-state index in [0.29, 0.717) is 5.75 Å². The first-order valence-corrected chi connectivity index (χ1v) is 6.29. The molecule has 0 atom stereocenters. The standard InChI is InChI=1S/C15H15N3O3/c16-15(20)18-14(19)10-17-11-6-8-13(9-7-11)21-12-4-2-1-3-5-12/h1-9,17H,10H2,(H3,16,18,19,20). The van der Waals surface area contributed by atoms with Crippen molar-refractivity contribution in [3.63, 3.8) is 0 Å². The van der Waals surface area contributed by atoms with E-state index in [0.717, 1.165) is 11.4 Å². The Morgan fingerprint density at radius 1 is 0.952 bits per heavy atom. The van der Waals surface area contributed by atoms with Crippen molar-refractivity contribution in [3.8, 4) is 11.5 Å². The van der Waals surface area contributed by atoms with Crippen LogP contribution in [0.25, 0.3) is 0 Å². The topological polar surface area (TPSA) is 93.5 Å². The lowest BCUT2D eigenvalue weighted by atomic mass is 10.3. The number of nitrogens with two attached hydrogens (primary N) is 1. The summed E-state index contributed by atoms with van der Waals surface area (Å²) in [4.78, 5) is 21.7. The van der Waals surface area contributed by atoms with Crippen LogP contribution in [-0.4, -0.2) is 18.5 Å². The number of carbonyl (C=O) groups excluding carboxylic acids is 2. The van der Waals surface area contributed by atoms with Gasteiger partial charge in [0.15, 0.2) is 0 Å². The second kappa shape index (κ2) is 6.95. The van der Waals surface area contributed by atoms with E-state index in [-0.39, 0.29) is 6.54 Å². The van der Waals surface area contributed by atoms with E-state index in [1.54, 1.807) is 24.3 Å². The third kappa shape index (κ3) is 4.87. The molecular formula is C15H15N3O3. The lowest BCUT2D eigenvalue weighted by molar-refractivity contribution is -0.118. The van der Waals surface area contributed by atoms with Gasteiger partial charge in [0.25, 0.3) is 0 Å². The first kappa shape index (κ1) is 14.4. The van der Waals surface area contributed by atoms with E-state index in [2.05, 4.69) is 5.32 Å². The van der Waals surface area contributed by atoms with Gasteiger partial charge in [-0.3, -0.25) is 10.1 Å². The molecule has 0 aliphatic carbocycles. The summed E-state index contributed by atoms with van der Waals surface area (Å²) in [6.45, 7) is -0.0399. The molecule has 6 nitrogen and oxygen atoms in total. The number of imide groups is 1. The lowest BCUT2D eigenvalue weighted by Crippen LogP contribution is -2.38. The second-order valence-electron chi connectivity index (χ2n) is 4.21. The number of anilines is 1. The zero-order valence-corrected chi connectivity index (χ0v) is 11.2. The molecule has 0 spiro atoms. The molecule has 0 aromatic heterocycles. The number of amides is 3. The van der Waals surface area contributed by atoms with Crippen LogP contribution in [0.5, 0.6) is 11.5 Å². The van der Waals surface area contributed by atoms with Gasteiger partial charge in [-0.05, 0) is 36.4 Å². The van der Waals surface area contributed by atoms with Crippen LogP contribution in [0.4, 0.5) is 10.5 Å². The highest BCUT2D eigenvalue weighted by Crippen LogP contribution is 2.22. The van der Waals surface area contributed by atoms with Crippen LogP contribution < -0.4 is 21.1 Å². The molecule has 0 saturated heterocycles. The Hall–Kier alpha value is -3.02. The van der Waals surface area contributed by atoms with Gasteiger partial charge in [0, 0.05) is 5.69 Å². The molecule has 0 heterocycles. The molecule has 2 aromatic carbocycles. The molecule has 0 aliphatic heterocycles. The van der Waals surface area contributed by atoms with Crippen molar-refractivity contribution in [2.75, 3.05) is 11.9 Å². The maximum Gasteiger partial charge on any atom is 0.318 e. The van der Waals surface area contributed by atoms with Gasteiger partial charge in [-0.15, -0.1) is 0 Å². The van der Waals surface area contributed by atoms with Crippen LogP contribution in [-0.2, 0) is 4.79 Å². The maximum absolute atomic E-state index is 11.2. The molecule has 0 radical (unpaired) electrons. The van der Waals surface area contributed by atoms with Crippen molar-refractivity contribution in [2.24, 2.45) is 5.73 Å². The van der Waals surface area contributed by atoms with E-state index in [1.807, 2.05) is 35.6 Å². The Labute approximate surface area is 121 Å². The van der Waals surface area contributed by atoms with E-state index < -0.39 is 11.9 Å². The second-order valence-corrected chi connectivity index (χ2v) is 4.21. The minimum absolute atomic E-state index is 0.0399. The molecule has 0 bridgehead atoms. The zero-order chi connectivity index (χ0) is 15.1. The minimum atomic E-state index is -0.867. The molecular weight excluding hydrogens is 270 g/mol. The molecule has 4 N–H and O–H groups in total. The summed E-state index contributed by atoms with van der Waals surface area (Å²) in [6.07, 6.45) is 0. The van der Waals surface area contributed by atoms with E-state index in [9.17, 15) is 9.59 Å². The van der Waals surface area contributed by atoms with Gasteiger partial charge in [0.2, 0.25) is 5.91 Å². The van der Waals surface area contributed by atoms with Gasteiger partial charge >= 0.3 is 6.03 Å². The number of benzene rings is 2. The number of hydrogen-bond acceptors (Lipinski definition) is 4. The predicted molar refractivity (Wildman–Crippen MR) is 79.2 cm³/mol. The Morgan fingerprint density at radius 2 is 1.57 bits per heavy atom. The van der Waals surface area contributed by atoms with Gasteiger partial charge in [-0.25, -0.2) is 4.79 Å². The maximum atomic E-state index is 11.2. The van der Waals surface area contributed by atoms with Crippen molar-refractivity contribution >= 4 is 17.6 Å². The van der Waals surface area contributed by atoms with E-state index in [1.165, 1.54) is 0 Å². The van der Waals surface area contributed by atoms with Crippen LogP contribution in [0.2, 0.25) is 0 Å². The number of para-hydroxylation sites is 1. The normalized spacial score (nSPS) is 9.71. The first-order valence-electron chi connectivity index (χ1n) is 6.29. The van der Waals surface area contributed by atoms with Crippen molar-refractivity contribution in [2.45, 2.75) is 0 Å². The van der Waals surface area contributed by atoms with Gasteiger partial charge in [0.05, 0.1) is 6.54 Å². The number of urea groups is 1. The van der Waals surface area contributed by atoms with Crippen LogP contribution in [0.3, 0.4) is 0 Å². The molecule has 6 heteroatoms. The van der Waals surface area contributed by atoms with Gasteiger partial charge in [-0.2, -0.15) is 0 Å². The van der Waals surface area contributed by atoms with Crippen LogP contribution >= 0.6 is 0 Å². The molecule has 0 aliphatic rings. The summed E-state index contributed by atoms with van der Waals surface area (Å²) in [5.74, 6) is 0.944. The van der Waals surface area contributed by atoms with Crippen molar-refractivity contribution in [1.82, 2.24) is 5.32 Å². The monoisotopic (exact) mass is 285 g/mol. The zero-order valence-electron chi connectivity index (χ0n) is 11.2. The molecule has 0 fully saturated rings. The minimum Gasteiger partial charge on any atom is -0.457 e. The van der Waals surface area contributed by atoms with Gasteiger partial charge in [-0.1, -0.05) is 18.2 Å². The fourth-order valence-corrected chi connectivity index (χ4v) is 1.63. The highest BCUT2D eigenvalue weighted by molar-refractivity contribution is 5.95. The summed E-state index contributed by atoms with van der Waals surface area (Å²) >= 11 is 0. The summed E-state index contributed by atoms with van der Waals surface area (Å²) < 4.78 is 5.64. The number of ether oxygens (including phenoxy) is 1. The molecule has 2 rings (SSSR count). The quantitative estimate of drug-likeness (QED) is 0.784. The fourth-order valence-electron chi connectivity index (χ4n) is 1.63. The van der Waals surface area contributed by atoms with Crippen molar-refractivity contribution < 1.29 is 14.3 Å². The Kier molecular flexibility index (Phi) is 4.76. The van der Waals surface area contributed by atoms with Crippen LogP contribution in [0.15, 0.2) is 54.6 Å². The van der Waals surface area contributed by atoms with Crippen LogP contribution in [0, 0.1) is 0 Å². The highest BCUT2D eigenvalue weighted by atomic mass is 16.5. The molecule has 21 heavy (non-hydrogen) atoms. The molecule has 0 unspecified atom stereocenters. The Bertz CT molecular complexity index is 612. The largest absolute Gasteiger partial charge is 0.457 e. The molecule has 0 saturated carbocycles. The number of primary amides is 1. The third-order valence-corrected chi connectivity index (χ3v) is 2.55. The van der Waals surface area contributed by atoms with Crippen molar-refractivity contribution in [3.05, 3.63) is 54.6 Å². The van der Waals surface area contributed by atoms with Gasteiger partial charge < -0.3 is 15.8 Å². The summed E-state index contributed by atoms with van der Waals surface area (Å²) in [7, 11) is 0. The molecule has 3 amide bonds. The third-order valence-electron chi connectivity index (χ3n) is 2.55. The SMILES string of the molecule is NC(=O)NC(=O)CNc1ccc(Oc2ccccc2)cc1. The average molecular weight is 285 g/mol. The number of hydrogen-bond donors (Lipinski definition) is 3. The first-order chi connectivity index (χ1) is 10.1. The van der Waals surface area contributed by atoms with Crippen molar-refractivity contribution in [1.29, 1.82) is 0 Å². The van der Waals surface area contributed by atoms with Crippen LogP contribution in [0.1, 0.15) is 0 Å². The highest BCUT2D eigenvalue weighted by Gasteiger charge is 2.03. The summed E-state index contributed by atoms with van der Waals surface area (Å²) in [6, 6.07) is 15.7. The lowest BCUT2D eigenvalue weighted by Gasteiger charge is -2.08. The number of rotatable bonds is 5. The molecule has 2 aromatic rings. The Morgan fingerprint density at radius 3 is 2.19 bits per heavy atom. The van der Waals surface area contributed by atoms with E-state index >= 15 is 0 Å². The smallest absolute Gasteiger partial charge is 0.318 e. The van der Waals surface area contributed by atoms with E-state index in [4.69, 9.17) is 10.5 Å². The number of nitrogens with one attached hydrogen (secondary N) is 2. The predicted octanol–water partition coefficient (Wildman–Crippen LogP) is 2.09. The summed E-state index contributed by atoms with van der Waals surface area (Å²) in [5, 5.41) is 4.84. The van der Waals surface area contributed by atoms with Gasteiger partial charge in [0.1, 0.15) is 11.5 Å². The number of carbonyl (C=O) groups is 2. The molecule has 108 valence electrons. The average Bonchev–Trinajstić information content (AvgIpc) is 2.47. The summed E-state index contributed by atoms with van der Waals surface area (Å²) in [5.41, 5.74) is 5.57.